The van der Waals surface area contributed by atoms with Gasteiger partial charge in [0.05, 0.1) is 5.92 Å². The Morgan fingerprint density at radius 1 is 0.724 bits per heavy atom. The number of carbonyl (C=O) groups excluding carboxylic acids is 1. The Balaban J connectivity index is 0.000000523. The monoisotopic (exact) mass is 408 g/mol. The molecule has 0 amide bonds. The first-order chi connectivity index (χ1) is 12.3. The van der Waals surface area contributed by atoms with E-state index in [9.17, 15) is 25.1 Å². The van der Waals surface area contributed by atoms with Crippen LogP contribution in [-0.4, -0.2) is 59.7 Å². The minimum absolute atomic E-state index is 0. The maximum absolute atomic E-state index is 10.9. The van der Waals surface area contributed by atoms with Crippen molar-refractivity contribution in [3.05, 3.63) is 0 Å². The topological polar surface area (TPSA) is 124 Å². The molecule has 0 bridgehead atoms. The van der Waals surface area contributed by atoms with E-state index in [0.29, 0.717) is 25.7 Å². The minimum Gasteiger partial charge on any atom is -0.550 e. The summed E-state index contributed by atoms with van der Waals surface area (Å²) >= 11 is 0. The van der Waals surface area contributed by atoms with Crippen LogP contribution in [0.15, 0.2) is 0 Å². The van der Waals surface area contributed by atoms with E-state index in [0.717, 1.165) is 0 Å². The maximum Gasteiger partial charge on any atom is 1.00 e. The third-order valence-electron chi connectivity index (χ3n) is 5.96. The molecule has 0 aromatic rings. The van der Waals surface area contributed by atoms with Gasteiger partial charge in [0, 0.05) is 34.0 Å². The number of carboxylic acid groups (broad SMARTS) is 2. The molecule has 0 aliphatic carbocycles. The first-order valence-corrected chi connectivity index (χ1v) is 9.75. The van der Waals surface area contributed by atoms with Crippen molar-refractivity contribution in [3.8, 4) is 0 Å². The Labute approximate surface area is 186 Å². The van der Waals surface area contributed by atoms with Crippen molar-refractivity contribution >= 4 is 11.9 Å². The molecule has 0 spiro atoms. The molecular formula is C20H37LiN2O6. The van der Waals surface area contributed by atoms with Gasteiger partial charge in [-0.05, 0) is 81.1 Å². The summed E-state index contributed by atoms with van der Waals surface area (Å²) in [5, 5.41) is 42.2. The summed E-state index contributed by atoms with van der Waals surface area (Å²) in [6, 6.07) is 0. The molecule has 164 valence electrons. The summed E-state index contributed by atoms with van der Waals surface area (Å²) < 4.78 is 0. The van der Waals surface area contributed by atoms with Gasteiger partial charge < -0.3 is 25.4 Å². The van der Waals surface area contributed by atoms with Crippen molar-refractivity contribution in [2.75, 3.05) is 0 Å². The number of hydrogen-bond acceptors (Lipinski definition) is 7. The molecule has 0 aromatic heterocycles. The molecule has 29 heavy (non-hydrogen) atoms. The Hall–Kier alpha value is -0.623. The second-order valence-corrected chi connectivity index (χ2v) is 10.7. The summed E-state index contributed by atoms with van der Waals surface area (Å²) in [5.74, 6) is -2.61. The second-order valence-electron chi connectivity index (χ2n) is 10.7. The predicted octanol–water partition coefficient (Wildman–Crippen LogP) is -0.872. The van der Waals surface area contributed by atoms with Crippen LogP contribution in [-0.2, 0) is 9.59 Å². The van der Waals surface area contributed by atoms with E-state index in [2.05, 4.69) is 0 Å². The zero-order valence-electron chi connectivity index (χ0n) is 19.4. The largest absolute Gasteiger partial charge is 1.00 e. The van der Waals surface area contributed by atoms with Gasteiger partial charge >= 0.3 is 24.8 Å². The summed E-state index contributed by atoms with van der Waals surface area (Å²) in [7, 11) is 0. The van der Waals surface area contributed by atoms with Crippen LogP contribution < -0.4 is 24.0 Å². The molecule has 2 saturated heterocycles. The molecule has 0 unspecified atom stereocenters. The molecule has 9 heteroatoms. The zero-order chi connectivity index (χ0) is 22.3. The van der Waals surface area contributed by atoms with Crippen LogP contribution in [0, 0.1) is 11.8 Å². The van der Waals surface area contributed by atoms with Crippen LogP contribution >= 0.6 is 0 Å². The fourth-order valence-electron chi connectivity index (χ4n) is 4.88. The number of carbonyl (C=O) groups is 2. The Kier molecular flexibility index (Phi) is 9.05. The number of rotatable bonds is 2. The number of aliphatic carboxylic acids is 2. The van der Waals surface area contributed by atoms with Crippen LogP contribution in [0.2, 0.25) is 0 Å². The molecule has 0 saturated carbocycles. The van der Waals surface area contributed by atoms with Crippen molar-refractivity contribution < 1.29 is 49.1 Å². The van der Waals surface area contributed by atoms with Crippen molar-refractivity contribution in [1.82, 2.24) is 10.1 Å². The number of hydroxylamine groups is 4. The molecule has 2 fully saturated rings. The molecule has 2 aliphatic rings. The third kappa shape index (κ3) is 6.68. The number of nitrogens with zero attached hydrogens (tertiary/aromatic N) is 2. The molecule has 2 rings (SSSR count). The smallest absolute Gasteiger partial charge is 0.550 e. The average Bonchev–Trinajstić information content (AvgIpc) is 2.49. The van der Waals surface area contributed by atoms with E-state index in [4.69, 9.17) is 5.11 Å². The van der Waals surface area contributed by atoms with Crippen molar-refractivity contribution in [1.29, 1.82) is 0 Å². The maximum atomic E-state index is 10.9. The Morgan fingerprint density at radius 3 is 1.17 bits per heavy atom. The molecular weight excluding hydrogens is 371 g/mol. The fourth-order valence-corrected chi connectivity index (χ4v) is 4.88. The van der Waals surface area contributed by atoms with Crippen LogP contribution in [0.25, 0.3) is 0 Å². The van der Waals surface area contributed by atoms with Gasteiger partial charge in [-0.15, -0.1) is 0 Å². The molecule has 0 aromatic carbocycles. The summed E-state index contributed by atoms with van der Waals surface area (Å²) in [5.41, 5.74) is -1.95. The van der Waals surface area contributed by atoms with Gasteiger partial charge in [-0.1, -0.05) is 0 Å². The van der Waals surface area contributed by atoms with E-state index < -0.39 is 40.0 Å². The van der Waals surface area contributed by atoms with Crippen molar-refractivity contribution in [2.24, 2.45) is 11.8 Å². The van der Waals surface area contributed by atoms with Gasteiger partial charge in [-0.25, -0.2) is 0 Å². The van der Waals surface area contributed by atoms with Gasteiger partial charge in [0.1, 0.15) is 0 Å². The zero-order valence-corrected chi connectivity index (χ0v) is 19.4. The molecule has 2 aliphatic heterocycles. The molecule has 8 nitrogen and oxygen atoms in total. The average molecular weight is 408 g/mol. The first-order valence-electron chi connectivity index (χ1n) is 9.75. The predicted molar refractivity (Wildman–Crippen MR) is 102 cm³/mol. The van der Waals surface area contributed by atoms with Gasteiger partial charge in [0.2, 0.25) is 0 Å². The van der Waals surface area contributed by atoms with Gasteiger partial charge in [-0.3, -0.25) is 4.79 Å². The minimum atomic E-state index is -1.01. The van der Waals surface area contributed by atoms with Gasteiger partial charge in [0.25, 0.3) is 0 Å². The van der Waals surface area contributed by atoms with E-state index in [1.165, 1.54) is 10.1 Å². The quantitative estimate of drug-likeness (QED) is 0.504. The van der Waals surface area contributed by atoms with E-state index in [1.807, 2.05) is 55.4 Å². The number of hydrogen-bond donors (Lipinski definition) is 3. The standard InChI is InChI=1S/2C10H19NO3.Li/c2*1-9(2)5-7(8(12)13)6-10(3,4)11(9)14;/h2*7,14H,5-6H2,1-4H3,(H,12,13);/q;;+1/p-1. The van der Waals surface area contributed by atoms with E-state index in [1.54, 1.807) is 0 Å². The van der Waals surface area contributed by atoms with Crippen molar-refractivity contribution in [2.45, 2.75) is 103 Å². The fraction of sp³-hybridized carbons (Fsp3) is 0.900. The third-order valence-corrected chi connectivity index (χ3v) is 5.96. The van der Waals surface area contributed by atoms with Crippen LogP contribution in [0.3, 0.4) is 0 Å². The van der Waals surface area contributed by atoms with Crippen molar-refractivity contribution in [3.63, 3.8) is 0 Å². The van der Waals surface area contributed by atoms with Crippen LogP contribution in [0.5, 0.6) is 0 Å². The van der Waals surface area contributed by atoms with Gasteiger partial charge in [-0.2, -0.15) is 10.1 Å². The second kappa shape index (κ2) is 9.25. The van der Waals surface area contributed by atoms with Crippen LogP contribution in [0.1, 0.15) is 81.1 Å². The Bertz CT molecular complexity index is 518. The number of carboxylic acids is 2. The molecule has 0 radical (unpaired) electrons. The normalized spacial score (nSPS) is 26.6. The van der Waals surface area contributed by atoms with E-state index in [-0.39, 0.29) is 24.8 Å². The van der Waals surface area contributed by atoms with E-state index >= 15 is 0 Å². The first kappa shape index (κ1) is 28.4. The van der Waals surface area contributed by atoms with Gasteiger partial charge in [0.15, 0.2) is 0 Å². The SMILES string of the molecule is CC1(C)CC(C(=O)O)CC(C)(C)N1O.CC1(C)CC(C(=O)[O-])CC(C)(C)N1O.[Li+]. The molecule has 3 N–H and O–H groups in total. The number of piperidine rings is 2. The summed E-state index contributed by atoms with van der Waals surface area (Å²) in [4.78, 5) is 21.8. The van der Waals surface area contributed by atoms with Crippen LogP contribution in [0.4, 0.5) is 0 Å². The summed E-state index contributed by atoms with van der Waals surface area (Å²) in [6.07, 6.45) is 1.83. The molecule has 0 atom stereocenters. The summed E-state index contributed by atoms with van der Waals surface area (Å²) in [6.45, 7) is 14.8. The Morgan fingerprint density at radius 2 is 0.966 bits per heavy atom. The molecule has 2 heterocycles.